The standard InChI is InChI=1S/C34H40FN3O2/c1-34(2,3)25-15-10-16-26(23-25)36-32(39)27-17-12-22-38(31(27)24-13-6-4-7-14-24)33(40)30-28(35)18-11-19-29(30)37-20-8-5-9-21-37/h4,6-7,10-11,13-16,18-19,23,27,31H,5,8-9,12,17,20-22H2,1-3H3,(H,36,39). The third-order valence-corrected chi connectivity index (χ3v) is 8.27. The summed E-state index contributed by atoms with van der Waals surface area (Å²) in [6.07, 6.45) is 4.51. The van der Waals surface area contributed by atoms with Crippen molar-refractivity contribution in [3.05, 3.63) is 95.3 Å². The molecule has 2 amide bonds. The second-order valence-corrected chi connectivity index (χ2v) is 12.1. The number of piperidine rings is 2. The minimum atomic E-state index is -0.509. The van der Waals surface area contributed by atoms with Gasteiger partial charge in [-0.1, -0.05) is 69.3 Å². The number of halogens is 1. The zero-order chi connectivity index (χ0) is 28.3. The molecule has 2 fully saturated rings. The first-order chi connectivity index (χ1) is 19.2. The number of hydrogen-bond donors (Lipinski definition) is 1. The van der Waals surface area contributed by atoms with Crippen molar-refractivity contribution in [2.24, 2.45) is 5.92 Å². The van der Waals surface area contributed by atoms with Crippen LogP contribution >= 0.6 is 0 Å². The minimum Gasteiger partial charge on any atom is -0.371 e. The van der Waals surface area contributed by atoms with E-state index in [0.29, 0.717) is 25.1 Å². The van der Waals surface area contributed by atoms with Gasteiger partial charge in [0, 0.05) is 25.3 Å². The van der Waals surface area contributed by atoms with Crippen molar-refractivity contribution in [1.29, 1.82) is 0 Å². The Balaban J connectivity index is 1.49. The van der Waals surface area contributed by atoms with Crippen LogP contribution in [0.1, 0.15) is 80.4 Å². The molecule has 5 rings (SSSR count). The fourth-order valence-electron chi connectivity index (χ4n) is 6.13. The Morgan fingerprint density at radius 3 is 2.30 bits per heavy atom. The first kappa shape index (κ1) is 27.9. The van der Waals surface area contributed by atoms with Crippen molar-refractivity contribution in [3.63, 3.8) is 0 Å². The molecule has 0 aromatic heterocycles. The first-order valence-corrected chi connectivity index (χ1v) is 14.5. The van der Waals surface area contributed by atoms with Crippen LogP contribution in [0.25, 0.3) is 0 Å². The lowest BCUT2D eigenvalue weighted by molar-refractivity contribution is -0.123. The zero-order valence-electron chi connectivity index (χ0n) is 23.8. The number of amides is 2. The highest BCUT2D eigenvalue weighted by Crippen LogP contribution is 2.39. The number of anilines is 2. The van der Waals surface area contributed by atoms with Crippen LogP contribution < -0.4 is 10.2 Å². The Bertz CT molecular complexity index is 1340. The summed E-state index contributed by atoms with van der Waals surface area (Å²) in [7, 11) is 0. The molecule has 1 N–H and O–H groups in total. The van der Waals surface area contributed by atoms with Crippen molar-refractivity contribution < 1.29 is 14.0 Å². The molecule has 210 valence electrons. The third-order valence-electron chi connectivity index (χ3n) is 8.27. The molecule has 6 heteroatoms. The van der Waals surface area contributed by atoms with E-state index in [1.807, 2.05) is 54.6 Å². The lowest BCUT2D eigenvalue weighted by Crippen LogP contribution is -2.47. The van der Waals surface area contributed by atoms with Gasteiger partial charge in [-0.05, 0) is 72.9 Å². The van der Waals surface area contributed by atoms with Crippen LogP contribution in [0.3, 0.4) is 0 Å². The molecule has 3 aromatic carbocycles. The van der Waals surface area contributed by atoms with Crippen molar-refractivity contribution in [1.82, 2.24) is 4.90 Å². The summed E-state index contributed by atoms with van der Waals surface area (Å²) in [6, 6.07) is 22.1. The van der Waals surface area contributed by atoms with E-state index in [4.69, 9.17) is 0 Å². The van der Waals surface area contributed by atoms with Crippen LogP contribution in [0.2, 0.25) is 0 Å². The SMILES string of the molecule is CC(C)(C)c1cccc(NC(=O)C2CCCN(C(=O)c3c(F)cccc3N3CCCCC3)C2c2ccccc2)c1. The Hall–Kier alpha value is -3.67. The van der Waals surface area contributed by atoms with Crippen LogP contribution in [0, 0.1) is 11.7 Å². The monoisotopic (exact) mass is 541 g/mol. The van der Waals surface area contributed by atoms with Crippen LogP contribution in [0.15, 0.2) is 72.8 Å². The van der Waals surface area contributed by atoms with Gasteiger partial charge in [0.2, 0.25) is 5.91 Å². The van der Waals surface area contributed by atoms with E-state index in [0.717, 1.165) is 49.2 Å². The predicted molar refractivity (Wildman–Crippen MR) is 159 cm³/mol. The Morgan fingerprint density at radius 1 is 0.850 bits per heavy atom. The number of likely N-dealkylation sites (tertiary alicyclic amines) is 1. The molecule has 0 spiro atoms. The third kappa shape index (κ3) is 5.91. The summed E-state index contributed by atoms with van der Waals surface area (Å²) in [4.78, 5) is 32.0. The number of hydrogen-bond acceptors (Lipinski definition) is 3. The zero-order valence-corrected chi connectivity index (χ0v) is 23.8. The van der Waals surface area contributed by atoms with Gasteiger partial charge in [-0.25, -0.2) is 4.39 Å². The lowest BCUT2D eigenvalue weighted by Gasteiger charge is -2.42. The Labute approximate surface area is 237 Å². The molecule has 3 aromatic rings. The summed E-state index contributed by atoms with van der Waals surface area (Å²) in [5.41, 5.74) is 3.48. The molecule has 0 bridgehead atoms. The summed E-state index contributed by atoms with van der Waals surface area (Å²) in [6.45, 7) is 8.52. The van der Waals surface area contributed by atoms with Gasteiger partial charge in [-0.2, -0.15) is 0 Å². The topological polar surface area (TPSA) is 52.7 Å². The number of carbonyl (C=O) groups excluding carboxylic acids is 2. The molecular formula is C34H40FN3O2. The van der Waals surface area contributed by atoms with Crippen LogP contribution in [0.5, 0.6) is 0 Å². The average molecular weight is 542 g/mol. The lowest BCUT2D eigenvalue weighted by atomic mass is 9.83. The van der Waals surface area contributed by atoms with E-state index in [-0.39, 0.29) is 22.8 Å². The maximum atomic E-state index is 15.5. The molecule has 2 heterocycles. The fraction of sp³-hybridized carbons (Fsp3) is 0.412. The molecule has 0 saturated carbocycles. The highest BCUT2D eigenvalue weighted by molar-refractivity contribution is 6.01. The van der Waals surface area contributed by atoms with Crippen molar-refractivity contribution in [3.8, 4) is 0 Å². The maximum Gasteiger partial charge on any atom is 0.259 e. The number of nitrogens with one attached hydrogen (secondary N) is 1. The minimum absolute atomic E-state index is 0.0484. The smallest absolute Gasteiger partial charge is 0.259 e. The van der Waals surface area contributed by atoms with Gasteiger partial charge in [-0.3, -0.25) is 9.59 Å². The Morgan fingerprint density at radius 2 is 1.57 bits per heavy atom. The highest BCUT2D eigenvalue weighted by atomic mass is 19.1. The van der Waals surface area contributed by atoms with Gasteiger partial charge in [0.05, 0.1) is 23.2 Å². The van der Waals surface area contributed by atoms with E-state index < -0.39 is 17.8 Å². The van der Waals surface area contributed by atoms with Gasteiger partial charge < -0.3 is 15.1 Å². The van der Waals surface area contributed by atoms with Crippen molar-refractivity contribution in [2.75, 3.05) is 29.9 Å². The number of carbonyl (C=O) groups is 2. The van der Waals surface area contributed by atoms with Gasteiger partial charge >= 0.3 is 0 Å². The summed E-state index contributed by atoms with van der Waals surface area (Å²) in [5.74, 6) is -1.45. The van der Waals surface area contributed by atoms with E-state index in [1.165, 1.54) is 6.07 Å². The number of nitrogens with zero attached hydrogens (tertiary/aromatic N) is 2. The summed E-state index contributed by atoms with van der Waals surface area (Å²) >= 11 is 0. The van der Waals surface area contributed by atoms with Gasteiger partial charge in [0.15, 0.2) is 0 Å². The van der Waals surface area contributed by atoms with Crippen LogP contribution in [-0.2, 0) is 10.2 Å². The van der Waals surface area contributed by atoms with E-state index in [1.54, 1.807) is 11.0 Å². The molecule has 2 atom stereocenters. The van der Waals surface area contributed by atoms with Gasteiger partial charge in [0.25, 0.3) is 5.91 Å². The van der Waals surface area contributed by atoms with Gasteiger partial charge in [-0.15, -0.1) is 0 Å². The van der Waals surface area contributed by atoms with E-state index in [9.17, 15) is 9.59 Å². The molecule has 2 aliphatic rings. The molecule has 0 aliphatic carbocycles. The molecule has 2 saturated heterocycles. The summed E-state index contributed by atoms with van der Waals surface area (Å²) < 4.78 is 15.5. The molecule has 2 unspecified atom stereocenters. The van der Waals surface area contributed by atoms with E-state index >= 15 is 4.39 Å². The first-order valence-electron chi connectivity index (χ1n) is 14.5. The van der Waals surface area contributed by atoms with Crippen LogP contribution in [0.4, 0.5) is 15.8 Å². The summed E-state index contributed by atoms with van der Waals surface area (Å²) in [5, 5.41) is 3.14. The molecule has 0 radical (unpaired) electrons. The molecule has 5 nitrogen and oxygen atoms in total. The number of rotatable bonds is 5. The predicted octanol–water partition coefficient (Wildman–Crippen LogP) is 7.35. The normalized spacial score (nSPS) is 19.8. The van der Waals surface area contributed by atoms with Gasteiger partial charge in [0.1, 0.15) is 5.82 Å². The Kier molecular flexibility index (Phi) is 8.24. The highest BCUT2D eigenvalue weighted by Gasteiger charge is 2.41. The second kappa shape index (κ2) is 11.8. The maximum absolute atomic E-state index is 15.5. The fourth-order valence-corrected chi connectivity index (χ4v) is 6.13. The van der Waals surface area contributed by atoms with Crippen LogP contribution in [-0.4, -0.2) is 36.3 Å². The van der Waals surface area contributed by atoms with Crippen molar-refractivity contribution >= 4 is 23.2 Å². The van der Waals surface area contributed by atoms with Crippen molar-refractivity contribution in [2.45, 2.75) is 64.3 Å². The number of benzene rings is 3. The second-order valence-electron chi connectivity index (χ2n) is 12.1. The molecule has 40 heavy (non-hydrogen) atoms. The molecule has 2 aliphatic heterocycles. The average Bonchev–Trinajstić information content (AvgIpc) is 2.97. The quantitative estimate of drug-likeness (QED) is 0.368. The van der Waals surface area contributed by atoms with E-state index in [2.05, 4.69) is 37.1 Å². The molecular weight excluding hydrogens is 501 g/mol. The largest absolute Gasteiger partial charge is 0.371 e.